The zero-order valence-corrected chi connectivity index (χ0v) is 11.7. The monoisotopic (exact) mass is 289 g/mol. The van der Waals surface area contributed by atoms with E-state index in [1.165, 1.54) is 23.3 Å². The number of hydrogen-bond acceptors (Lipinski definition) is 2. The molecular weight excluding hydrogens is 272 g/mol. The zero-order chi connectivity index (χ0) is 14.7. The highest BCUT2D eigenvalue weighted by molar-refractivity contribution is 5.39. The largest absolute Gasteiger partial charge is 0.493 e. The van der Waals surface area contributed by atoms with Gasteiger partial charge in [-0.3, -0.25) is 0 Å². The Bertz CT molecular complexity index is 643. The topological polar surface area (TPSA) is 21.3 Å². The van der Waals surface area contributed by atoms with E-state index in [0.717, 1.165) is 37.8 Å². The van der Waals surface area contributed by atoms with Gasteiger partial charge in [0.2, 0.25) is 0 Å². The molecule has 2 nitrogen and oxygen atoms in total. The third-order valence-corrected chi connectivity index (χ3v) is 3.67. The van der Waals surface area contributed by atoms with Crippen molar-refractivity contribution >= 4 is 0 Å². The quantitative estimate of drug-likeness (QED) is 0.853. The zero-order valence-electron chi connectivity index (χ0n) is 11.7. The summed E-state index contributed by atoms with van der Waals surface area (Å²) in [7, 11) is 0. The van der Waals surface area contributed by atoms with E-state index in [4.69, 9.17) is 4.74 Å². The molecule has 2 aromatic rings. The minimum atomic E-state index is -0.545. The molecular formula is C17H17F2NO. The van der Waals surface area contributed by atoms with Gasteiger partial charge in [-0.2, -0.15) is 0 Å². The molecule has 0 saturated carbocycles. The van der Waals surface area contributed by atoms with Crippen molar-refractivity contribution in [2.75, 3.05) is 13.2 Å². The predicted molar refractivity (Wildman–Crippen MR) is 77.4 cm³/mol. The summed E-state index contributed by atoms with van der Waals surface area (Å²) in [6, 6.07) is 9.91. The summed E-state index contributed by atoms with van der Waals surface area (Å²) in [6.07, 6.45) is 1.84. The summed E-state index contributed by atoms with van der Waals surface area (Å²) in [4.78, 5) is 0. The Morgan fingerprint density at radius 1 is 1.10 bits per heavy atom. The van der Waals surface area contributed by atoms with Crippen molar-refractivity contribution in [3.05, 3.63) is 64.7 Å². The molecule has 110 valence electrons. The Morgan fingerprint density at radius 3 is 2.86 bits per heavy atom. The molecule has 0 atom stereocenters. The molecule has 0 amide bonds. The van der Waals surface area contributed by atoms with E-state index in [1.54, 1.807) is 0 Å². The fourth-order valence-electron chi connectivity index (χ4n) is 2.52. The highest BCUT2D eigenvalue weighted by Crippen LogP contribution is 2.25. The summed E-state index contributed by atoms with van der Waals surface area (Å²) in [5, 5.41) is 3.18. The van der Waals surface area contributed by atoms with Crippen LogP contribution in [0.2, 0.25) is 0 Å². The van der Waals surface area contributed by atoms with Gasteiger partial charge in [0.15, 0.2) is 0 Å². The van der Waals surface area contributed by atoms with Crippen molar-refractivity contribution in [2.24, 2.45) is 0 Å². The second kappa shape index (κ2) is 6.22. The maximum absolute atomic E-state index is 13.5. The smallest absolute Gasteiger partial charge is 0.130 e. The number of hydrogen-bond donors (Lipinski definition) is 1. The molecule has 1 aliphatic rings. The molecule has 3 rings (SSSR count). The second-order valence-electron chi connectivity index (χ2n) is 5.20. The van der Waals surface area contributed by atoms with Gasteiger partial charge in [-0.25, -0.2) is 8.78 Å². The molecule has 1 heterocycles. The molecule has 0 fully saturated rings. The van der Waals surface area contributed by atoms with Crippen molar-refractivity contribution in [1.82, 2.24) is 5.32 Å². The Hall–Kier alpha value is -1.94. The van der Waals surface area contributed by atoms with E-state index in [-0.39, 0.29) is 0 Å². The molecule has 1 aliphatic heterocycles. The molecule has 0 aliphatic carbocycles. The van der Waals surface area contributed by atoms with Gasteiger partial charge in [-0.15, -0.1) is 0 Å². The third kappa shape index (κ3) is 3.39. The summed E-state index contributed by atoms with van der Waals surface area (Å²) in [5.74, 6) is -0.0612. The van der Waals surface area contributed by atoms with Crippen molar-refractivity contribution < 1.29 is 13.5 Å². The molecule has 0 saturated heterocycles. The SMILES string of the molecule is Fc1ccc(CNCCc2ccc3c(c2)CCO3)c(F)c1. The van der Waals surface area contributed by atoms with Crippen LogP contribution < -0.4 is 10.1 Å². The van der Waals surface area contributed by atoms with E-state index in [0.29, 0.717) is 12.1 Å². The lowest BCUT2D eigenvalue weighted by atomic mass is 10.1. The van der Waals surface area contributed by atoms with E-state index in [2.05, 4.69) is 17.4 Å². The van der Waals surface area contributed by atoms with Crippen LogP contribution in [-0.2, 0) is 19.4 Å². The Balaban J connectivity index is 1.50. The molecule has 4 heteroatoms. The van der Waals surface area contributed by atoms with Gasteiger partial charge in [0.05, 0.1) is 6.61 Å². The number of rotatable bonds is 5. The van der Waals surface area contributed by atoms with Crippen LogP contribution >= 0.6 is 0 Å². The highest BCUT2D eigenvalue weighted by atomic mass is 19.1. The summed E-state index contributed by atoms with van der Waals surface area (Å²) in [5.41, 5.74) is 2.99. The normalized spacial score (nSPS) is 13.0. The Morgan fingerprint density at radius 2 is 2.00 bits per heavy atom. The average molecular weight is 289 g/mol. The van der Waals surface area contributed by atoms with Crippen LogP contribution in [0.5, 0.6) is 5.75 Å². The van der Waals surface area contributed by atoms with Crippen molar-refractivity contribution in [1.29, 1.82) is 0 Å². The fraction of sp³-hybridized carbons (Fsp3) is 0.294. The first-order chi connectivity index (χ1) is 10.2. The molecule has 0 bridgehead atoms. The standard InChI is InChI=1S/C17H17F2NO/c18-15-3-2-14(16(19)10-15)11-20-7-5-12-1-4-17-13(9-12)6-8-21-17/h1-4,9-10,20H,5-8,11H2. The maximum Gasteiger partial charge on any atom is 0.130 e. The number of ether oxygens (including phenoxy) is 1. The number of benzene rings is 2. The van der Waals surface area contributed by atoms with Gasteiger partial charge in [0.1, 0.15) is 17.4 Å². The van der Waals surface area contributed by atoms with Gasteiger partial charge in [0, 0.05) is 24.6 Å². The molecule has 0 unspecified atom stereocenters. The maximum atomic E-state index is 13.5. The van der Waals surface area contributed by atoms with Crippen LogP contribution in [0.3, 0.4) is 0 Å². The minimum absolute atomic E-state index is 0.403. The van der Waals surface area contributed by atoms with E-state index in [1.807, 2.05) is 6.07 Å². The van der Waals surface area contributed by atoms with E-state index >= 15 is 0 Å². The Kier molecular flexibility index (Phi) is 4.15. The molecule has 21 heavy (non-hydrogen) atoms. The van der Waals surface area contributed by atoms with Crippen molar-refractivity contribution in [3.8, 4) is 5.75 Å². The first kappa shape index (κ1) is 14.0. The molecule has 0 radical (unpaired) electrons. The van der Waals surface area contributed by atoms with Crippen LogP contribution in [0.1, 0.15) is 16.7 Å². The molecule has 0 aromatic heterocycles. The lowest BCUT2D eigenvalue weighted by Gasteiger charge is -2.07. The molecule has 2 aromatic carbocycles. The van der Waals surface area contributed by atoms with Gasteiger partial charge in [-0.05, 0) is 36.2 Å². The van der Waals surface area contributed by atoms with Gasteiger partial charge in [0.25, 0.3) is 0 Å². The number of nitrogens with one attached hydrogen (secondary N) is 1. The van der Waals surface area contributed by atoms with Gasteiger partial charge >= 0.3 is 0 Å². The lowest BCUT2D eigenvalue weighted by molar-refractivity contribution is 0.357. The van der Waals surface area contributed by atoms with E-state index < -0.39 is 11.6 Å². The summed E-state index contributed by atoms with van der Waals surface area (Å²) >= 11 is 0. The third-order valence-electron chi connectivity index (χ3n) is 3.67. The molecule has 0 spiro atoms. The van der Waals surface area contributed by atoms with Crippen LogP contribution in [0, 0.1) is 11.6 Å². The first-order valence-electron chi connectivity index (χ1n) is 7.11. The minimum Gasteiger partial charge on any atom is -0.493 e. The second-order valence-corrected chi connectivity index (χ2v) is 5.20. The fourth-order valence-corrected chi connectivity index (χ4v) is 2.52. The van der Waals surface area contributed by atoms with E-state index in [9.17, 15) is 8.78 Å². The van der Waals surface area contributed by atoms with Crippen LogP contribution in [0.15, 0.2) is 36.4 Å². The first-order valence-corrected chi connectivity index (χ1v) is 7.11. The van der Waals surface area contributed by atoms with Gasteiger partial charge < -0.3 is 10.1 Å². The lowest BCUT2D eigenvalue weighted by Crippen LogP contribution is -2.17. The van der Waals surface area contributed by atoms with Gasteiger partial charge in [-0.1, -0.05) is 18.2 Å². The van der Waals surface area contributed by atoms with Crippen LogP contribution in [0.25, 0.3) is 0 Å². The number of fused-ring (bicyclic) bond motifs is 1. The van der Waals surface area contributed by atoms with Crippen LogP contribution in [-0.4, -0.2) is 13.2 Å². The highest BCUT2D eigenvalue weighted by Gasteiger charge is 2.11. The predicted octanol–water partition coefficient (Wildman–Crippen LogP) is 3.23. The summed E-state index contributed by atoms with van der Waals surface area (Å²) < 4.78 is 31.7. The summed E-state index contributed by atoms with van der Waals surface area (Å²) in [6.45, 7) is 1.91. The average Bonchev–Trinajstić information content (AvgIpc) is 2.93. The van der Waals surface area contributed by atoms with Crippen LogP contribution in [0.4, 0.5) is 8.78 Å². The Labute approximate surface area is 122 Å². The van der Waals surface area contributed by atoms with Crippen molar-refractivity contribution in [2.45, 2.75) is 19.4 Å². The molecule has 1 N–H and O–H groups in total. The van der Waals surface area contributed by atoms with Crippen molar-refractivity contribution in [3.63, 3.8) is 0 Å². The number of halogens is 2.